The van der Waals surface area contributed by atoms with Crippen LogP contribution in [0, 0.1) is 0 Å². The summed E-state index contributed by atoms with van der Waals surface area (Å²) in [5.41, 5.74) is 0. The number of hydrogen-bond acceptors (Lipinski definition) is 2. The monoisotopic (exact) mass is 231 g/mol. The van der Waals surface area contributed by atoms with E-state index in [0.717, 1.165) is 16.4 Å². The predicted molar refractivity (Wildman–Crippen MR) is 65.6 cm³/mol. The van der Waals surface area contributed by atoms with Crippen LogP contribution in [-0.4, -0.2) is 7.11 Å². The Balaban J connectivity index is 2.24. The van der Waals surface area contributed by atoms with E-state index in [9.17, 15) is 4.89 Å². The molecule has 0 aliphatic heterocycles. The van der Waals surface area contributed by atoms with Gasteiger partial charge in [0.05, 0.1) is 7.11 Å². The van der Waals surface area contributed by atoms with Crippen LogP contribution in [0.5, 0.6) is 5.75 Å². The zero-order valence-corrected chi connectivity index (χ0v) is 9.85. The quantitative estimate of drug-likeness (QED) is 0.748. The van der Waals surface area contributed by atoms with Gasteiger partial charge in [0.1, 0.15) is 5.75 Å². The highest BCUT2D eigenvalue weighted by atomic mass is 31.1. The summed E-state index contributed by atoms with van der Waals surface area (Å²) in [6.45, 7) is 0. The van der Waals surface area contributed by atoms with Crippen LogP contribution in [0.2, 0.25) is 0 Å². The molecule has 2 rings (SSSR count). The van der Waals surface area contributed by atoms with Gasteiger partial charge in [-0.2, -0.15) is 0 Å². The standard InChI is InChI=1S/C13H12O2P/c1-15-11-7-9-13(10-8-11)16(14)12-5-3-2-4-6-12/h2-10H,1H3/q-1. The molecule has 0 aliphatic rings. The summed E-state index contributed by atoms with van der Waals surface area (Å²) < 4.78 is 5.06. The minimum Gasteiger partial charge on any atom is -0.822 e. The van der Waals surface area contributed by atoms with Crippen molar-refractivity contribution < 1.29 is 9.63 Å². The molecule has 0 saturated heterocycles. The van der Waals surface area contributed by atoms with Crippen LogP contribution in [0.15, 0.2) is 54.6 Å². The molecule has 2 aromatic rings. The van der Waals surface area contributed by atoms with Crippen LogP contribution in [0.25, 0.3) is 0 Å². The predicted octanol–water partition coefficient (Wildman–Crippen LogP) is 1.40. The third-order valence-electron chi connectivity index (χ3n) is 2.30. The Morgan fingerprint density at radius 1 is 0.875 bits per heavy atom. The second-order valence-electron chi connectivity index (χ2n) is 3.33. The lowest BCUT2D eigenvalue weighted by atomic mass is 10.3. The number of benzene rings is 2. The van der Waals surface area contributed by atoms with Gasteiger partial charge in [-0.15, -0.1) is 8.15 Å². The second kappa shape index (κ2) is 5.11. The SMILES string of the molecule is COc1ccc(P([O-])c2ccccc2)cc1. The Kier molecular flexibility index (Phi) is 3.55. The number of hydrogen-bond donors (Lipinski definition) is 0. The van der Waals surface area contributed by atoms with Crippen LogP contribution in [0.3, 0.4) is 0 Å². The van der Waals surface area contributed by atoms with Crippen molar-refractivity contribution in [2.45, 2.75) is 0 Å². The lowest BCUT2D eigenvalue weighted by Crippen LogP contribution is -2.19. The minimum absolute atomic E-state index is 0.778. The topological polar surface area (TPSA) is 32.3 Å². The molecule has 0 saturated carbocycles. The van der Waals surface area contributed by atoms with Crippen molar-refractivity contribution in [3.05, 3.63) is 54.6 Å². The Hall–Kier alpha value is -1.37. The van der Waals surface area contributed by atoms with Crippen molar-refractivity contribution in [2.24, 2.45) is 0 Å². The first-order valence-electron chi connectivity index (χ1n) is 4.97. The fraction of sp³-hybridized carbons (Fsp3) is 0.0769. The molecule has 0 aliphatic carbocycles. The lowest BCUT2D eigenvalue weighted by Gasteiger charge is -2.24. The van der Waals surface area contributed by atoms with Gasteiger partial charge in [0.25, 0.3) is 0 Å². The molecular weight excluding hydrogens is 219 g/mol. The molecule has 0 bridgehead atoms. The van der Waals surface area contributed by atoms with E-state index in [4.69, 9.17) is 4.74 Å². The van der Waals surface area contributed by atoms with Crippen LogP contribution < -0.4 is 20.2 Å². The maximum atomic E-state index is 12.2. The Morgan fingerprint density at radius 2 is 1.44 bits per heavy atom. The molecule has 1 unspecified atom stereocenters. The number of ether oxygens (including phenoxy) is 1. The van der Waals surface area contributed by atoms with Gasteiger partial charge in [-0.3, -0.25) is 0 Å². The number of methoxy groups -OCH3 is 1. The summed E-state index contributed by atoms with van der Waals surface area (Å²) >= 11 is 0. The largest absolute Gasteiger partial charge is 0.822 e. The lowest BCUT2D eigenvalue weighted by molar-refractivity contribution is -0.153. The molecule has 2 aromatic carbocycles. The van der Waals surface area contributed by atoms with E-state index < -0.39 is 8.15 Å². The average molecular weight is 231 g/mol. The maximum Gasteiger partial charge on any atom is 0.118 e. The molecule has 16 heavy (non-hydrogen) atoms. The van der Waals surface area contributed by atoms with Crippen molar-refractivity contribution in [1.29, 1.82) is 0 Å². The fourth-order valence-corrected chi connectivity index (χ4v) is 2.59. The Morgan fingerprint density at radius 3 is 2.00 bits per heavy atom. The summed E-state index contributed by atoms with van der Waals surface area (Å²) in [6.07, 6.45) is 0. The Bertz CT molecular complexity index is 439. The van der Waals surface area contributed by atoms with E-state index in [1.807, 2.05) is 54.6 Å². The zero-order valence-electron chi connectivity index (χ0n) is 8.96. The summed E-state index contributed by atoms with van der Waals surface area (Å²) in [6, 6.07) is 16.8. The molecule has 2 nitrogen and oxygen atoms in total. The summed E-state index contributed by atoms with van der Waals surface area (Å²) in [4.78, 5) is 12.2. The minimum atomic E-state index is -1.49. The second-order valence-corrected chi connectivity index (χ2v) is 4.95. The van der Waals surface area contributed by atoms with Gasteiger partial charge in [0, 0.05) is 0 Å². The maximum absolute atomic E-state index is 12.2. The van der Waals surface area contributed by atoms with Gasteiger partial charge in [0.15, 0.2) is 0 Å². The normalized spacial score (nSPS) is 12.1. The first-order chi connectivity index (χ1) is 7.81. The third kappa shape index (κ3) is 2.41. The molecule has 0 N–H and O–H groups in total. The molecule has 0 spiro atoms. The third-order valence-corrected chi connectivity index (χ3v) is 3.83. The fourth-order valence-electron chi connectivity index (χ4n) is 1.43. The molecule has 1 atom stereocenters. The molecule has 0 fully saturated rings. The molecule has 0 radical (unpaired) electrons. The average Bonchev–Trinajstić information content (AvgIpc) is 2.39. The highest BCUT2D eigenvalue weighted by molar-refractivity contribution is 7.66. The van der Waals surface area contributed by atoms with Crippen LogP contribution in [-0.2, 0) is 0 Å². The highest BCUT2D eigenvalue weighted by Crippen LogP contribution is 2.23. The van der Waals surface area contributed by atoms with E-state index in [1.165, 1.54) is 0 Å². The van der Waals surface area contributed by atoms with Gasteiger partial charge in [-0.05, 0) is 22.7 Å². The first kappa shape index (κ1) is 11.1. The van der Waals surface area contributed by atoms with Crippen LogP contribution >= 0.6 is 8.15 Å². The molecular formula is C13H12O2P-. The molecule has 0 aromatic heterocycles. The van der Waals surface area contributed by atoms with Gasteiger partial charge in [-0.1, -0.05) is 42.5 Å². The van der Waals surface area contributed by atoms with Crippen molar-refractivity contribution in [1.82, 2.24) is 0 Å². The smallest absolute Gasteiger partial charge is 0.118 e. The van der Waals surface area contributed by atoms with Gasteiger partial charge in [0.2, 0.25) is 0 Å². The first-order valence-corrected chi connectivity index (χ1v) is 6.23. The summed E-state index contributed by atoms with van der Waals surface area (Å²) in [5, 5.41) is 1.67. The zero-order chi connectivity index (χ0) is 11.4. The van der Waals surface area contributed by atoms with Gasteiger partial charge in [-0.25, -0.2) is 0 Å². The van der Waals surface area contributed by atoms with Gasteiger partial charge < -0.3 is 9.63 Å². The van der Waals surface area contributed by atoms with Crippen LogP contribution in [0.4, 0.5) is 0 Å². The highest BCUT2D eigenvalue weighted by Gasteiger charge is 2.00. The van der Waals surface area contributed by atoms with E-state index in [1.54, 1.807) is 7.11 Å². The Labute approximate surface area is 96.3 Å². The van der Waals surface area contributed by atoms with E-state index in [0.29, 0.717) is 0 Å². The van der Waals surface area contributed by atoms with E-state index in [2.05, 4.69) is 0 Å². The van der Waals surface area contributed by atoms with Crippen molar-refractivity contribution in [3.8, 4) is 5.75 Å². The molecule has 0 heterocycles. The van der Waals surface area contributed by atoms with Crippen molar-refractivity contribution in [3.63, 3.8) is 0 Å². The summed E-state index contributed by atoms with van der Waals surface area (Å²) in [5.74, 6) is 0.778. The van der Waals surface area contributed by atoms with E-state index in [-0.39, 0.29) is 0 Å². The molecule has 82 valence electrons. The van der Waals surface area contributed by atoms with Crippen molar-refractivity contribution in [2.75, 3.05) is 7.11 Å². The molecule has 3 heteroatoms. The van der Waals surface area contributed by atoms with Crippen molar-refractivity contribution >= 4 is 18.8 Å². The number of rotatable bonds is 3. The summed E-state index contributed by atoms with van der Waals surface area (Å²) in [7, 11) is 0.124. The van der Waals surface area contributed by atoms with Gasteiger partial charge >= 0.3 is 0 Å². The van der Waals surface area contributed by atoms with Crippen LogP contribution in [0.1, 0.15) is 0 Å². The molecule has 0 amide bonds. The van der Waals surface area contributed by atoms with E-state index >= 15 is 0 Å².